The van der Waals surface area contributed by atoms with E-state index < -0.39 is 0 Å². The molecule has 0 unspecified atom stereocenters. The fourth-order valence-electron chi connectivity index (χ4n) is 1.59. The van der Waals surface area contributed by atoms with Crippen LogP contribution < -0.4 is 16.2 Å². The number of carbonyl (C=O) groups excluding carboxylic acids is 1. The number of anilines is 2. The SMILES string of the molecule is CCCN(CC(=O)N(C)C)c1cc(NN)nc(SC)n1. The van der Waals surface area contributed by atoms with Crippen molar-refractivity contribution in [2.24, 2.45) is 5.84 Å². The molecule has 0 saturated heterocycles. The molecule has 0 spiro atoms. The van der Waals surface area contributed by atoms with Gasteiger partial charge in [0.1, 0.15) is 11.6 Å². The first-order chi connectivity index (χ1) is 9.51. The number of rotatable bonds is 7. The van der Waals surface area contributed by atoms with Crippen LogP contribution in [0.25, 0.3) is 0 Å². The number of nitrogens with zero attached hydrogens (tertiary/aromatic N) is 4. The molecule has 0 aliphatic carbocycles. The van der Waals surface area contributed by atoms with Crippen molar-refractivity contribution in [3.8, 4) is 0 Å². The zero-order chi connectivity index (χ0) is 15.1. The Morgan fingerprint density at radius 2 is 2.15 bits per heavy atom. The van der Waals surface area contributed by atoms with Crippen LogP contribution in [-0.4, -0.2) is 54.2 Å². The van der Waals surface area contributed by atoms with Crippen molar-refractivity contribution >= 4 is 29.3 Å². The second-order valence-corrected chi connectivity index (χ2v) is 5.23. The molecule has 0 atom stereocenters. The van der Waals surface area contributed by atoms with Crippen LogP contribution in [0.3, 0.4) is 0 Å². The van der Waals surface area contributed by atoms with Crippen molar-refractivity contribution in [2.75, 3.05) is 43.8 Å². The molecule has 1 aromatic rings. The van der Waals surface area contributed by atoms with Gasteiger partial charge in [0, 0.05) is 26.7 Å². The number of likely N-dealkylation sites (N-methyl/N-ethyl adjacent to an activating group) is 1. The van der Waals surface area contributed by atoms with Gasteiger partial charge in [-0.2, -0.15) is 0 Å². The van der Waals surface area contributed by atoms with Crippen molar-refractivity contribution in [2.45, 2.75) is 18.5 Å². The van der Waals surface area contributed by atoms with Gasteiger partial charge in [-0.3, -0.25) is 4.79 Å². The van der Waals surface area contributed by atoms with Gasteiger partial charge in [0.2, 0.25) is 5.91 Å². The Balaban J connectivity index is 3.03. The molecule has 0 saturated carbocycles. The van der Waals surface area contributed by atoms with Gasteiger partial charge in [-0.05, 0) is 12.7 Å². The van der Waals surface area contributed by atoms with Crippen LogP contribution in [-0.2, 0) is 4.79 Å². The summed E-state index contributed by atoms with van der Waals surface area (Å²) in [5.41, 5.74) is 2.53. The fourth-order valence-corrected chi connectivity index (χ4v) is 1.96. The molecular formula is C12H22N6OS. The monoisotopic (exact) mass is 298 g/mol. The Morgan fingerprint density at radius 1 is 1.45 bits per heavy atom. The average molecular weight is 298 g/mol. The van der Waals surface area contributed by atoms with Gasteiger partial charge in [0.15, 0.2) is 5.16 Å². The second-order valence-electron chi connectivity index (χ2n) is 4.45. The van der Waals surface area contributed by atoms with Crippen LogP contribution in [0.2, 0.25) is 0 Å². The number of nitrogen functional groups attached to an aromatic ring is 1. The highest BCUT2D eigenvalue weighted by molar-refractivity contribution is 7.98. The van der Waals surface area contributed by atoms with E-state index in [-0.39, 0.29) is 12.5 Å². The van der Waals surface area contributed by atoms with Gasteiger partial charge < -0.3 is 15.2 Å². The number of hydrogen-bond acceptors (Lipinski definition) is 7. The van der Waals surface area contributed by atoms with Crippen molar-refractivity contribution in [1.82, 2.24) is 14.9 Å². The molecule has 3 N–H and O–H groups in total. The number of nitrogens with one attached hydrogen (secondary N) is 1. The summed E-state index contributed by atoms with van der Waals surface area (Å²) in [5.74, 6) is 6.70. The van der Waals surface area contributed by atoms with Crippen LogP contribution in [0.15, 0.2) is 11.2 Å². The number of amides is 1. The van der Waals surface area contributed by atoms with E-state index in [2.05, 4.69) is 22.3 Å². The highest BCUT2D eigenvalue weighted by Gasteiger charge is 2.15. The van der Waals surface area contributed by atoms with E-state index >= 15 is 0 Å². The largest absolute Gasteiger partial charge is 0.347 e. The van der Waals surface area contributed by atoms with Crippen LogP contribution in [0.4, 0.5) is 11.6 Å². The zero-order valence-electron chi connectivity index (χ0n) is 12.4. The van der Waals surface area contributed by atoms with Gasteiger partial charge >= 0.3 is 0 Å². The van der Waals surface area contributed by atoms with Gasteiger partial charge in [-0.25, -0.2) is 15.8 Å². The first-order valence-corrected chi connectivity index (χ1v) is 7.59. The minimum absolute atomic E-state index is 0.0324. The lowest BCUT2D eigenvalue weighted by molar-refractivity contribution is -0.127. The Morgan fingerprint density at radius 3 is 2.65 bits per heavy atom. The smallest absolute Gasteiger partial charge is 0.241 e. The molecule has 0 aromatic carbocycles. The van der Waals surface area contributed by atoms with Crippen LogP contribution >= 0.6 is 11.8 Å². The third-order valence-corrected chi connectivity index (χ3v) is 3.21. The maximum Gasteiger partial charge on any atom is 0.241 e. The van der Waals surface area contributed by atoms with Crippen molar-refractivity contribution in [3.05, 3.63) is 6.07 Å². The Labute approximate surface area is 123 Å². The van der Waals surface area contributed by atoms with Crippen molar-refractivity contribution in [3.63, 3.8) is 0 Å². The molecular weight excluding hydrogens is 276 g/mol. The summed E-state index contributed by atoms with van der Waals surface area (Å²) < 4.78 is 0. The van der Waals surface area contributed by atoms with E-state index in [0.29, 0.717) is 16.8 Å². The number of thioether (sulfide) groups is 1. The fraction of sp³-hybridized carbons (Fsp3) is 0.583. The lowest BCUT2D eigenvalue weighted by atomic mass is 10.3. The normalized spacial score (nSPS) is 10.2. The minimum Gasteiger partial charge on any atom is -0.347 e. The van der Waals surface area contributed by atoms with Crippen LogP contribution in [0.1, 0.15) is 13.3 Å². The van der Waals surface area contributed by atoms with Crippen molar-refractivity contribution < 1.29 is 4.79 Å². The topological polar surface area (TPSA) is 87.4 Å². The highest BCUT2D eigenvalue weighted by atomic mass is 32.2. The first kappa shape index (κ1) is 16.5. The van der Waals surface area contributed by atoms with E-state index in [0.717, 1.165) is 13.0 Å². The molecule has 7 nitrogen and oxygen atoms in total. The highest BCUT2D eigenvalue weighted by Crippen LogP contribution is 2.20. The molecule has 0 aliphatic heterocycles. The number of nitrogens with two attached hydrogens (primary N) is 1. The standard InChI is InChI=1S/C12H22N6OS/c1-5-6-18(8-11(19)17(2)3)10-7-9(16-13)14-12(15-10)20-4/h7H,5-6,8,13H2,1-4H3,(H,14,15,16). The molecule has 0 bridgehead atoms. The quantitative estimate of drug-likeness (QED) is 0.333. The summed E-state index contributed by atoms with van der Waals surface area (Å²) in [7, 11) is 3.49. The molecule has 0 radical (unpaired) electrons. The van der Waals surface area contributed by atoms with E-state index in [1.54, 1.807) is 25.1 Å². The first-order valence-electron chi connectivity index (χ1n) is 6.36. The van der Waals surface area contributed by atoms with Crippen LogP contribution in [0, 0.1) is 0 Å². The lowest BCUT2D eigenvalue weighted by Crippen LogP contribution is -2.37. The molecule has 112 valence electrons. The summed E-state index contributed by atoms with van der Waals surface area (Å²) in [4.78, 5) is 24.1. The van der Waals surface area contributed by atoms with Crippen LogP contribution in [0.5, 0.6) is 0 Å². The summed E-state index contributed by atoms with van der Waals surface area (Å²) >= 11 is 1.43. The number of aromatic nitrogens is 2. The van der Waals surface area contributed by atoms with Gasteiger partial charge in [0.25, 0.3) is 0 Å². The number of hydrogen-bond donors (Lipinski definition) is 2. The van der Waals surface area contributed by atoms with Gasteiger partial charge in [-0.15, -0.1) is 0 Å². The maximum atomic E-state index is 11.9. The summed E-state index contributed by atoms with van der Waals surface area (Å²) in [6, 6.07) is 1.75. The minimum atomic E-state index is 0.0324. The molecule has 8 heteroatoms. The predicted octanol–water partition coefficient (Wildman–Crippen LogP) is 0.789. The number of carbonyl (C=O) groups is 1. The van der Waals surface area contributed by atoms with E-state index in [4.69, 9.17) is 5.84 Å². The summed E-state index contributed by atoms with van der Waals surface area (Å²) in [6.07, 6.45) is 2.82. The Hall–Kier alpha value is -1.54. The van der Waals surface area contributed by atoms with E-state index in [1.165, 1.54) is 11.8 Å². The number of hydrazine groups is 1. The molecule has 0 fully saturated rings. The Bertz CT molecular complexity index is 431. The molecule has 0 aliphatic rings. The predicted molar refractivity (Wildman–Crippen MR) is 82.8 cm³/mol. The van der Waals surface area contributed by atoms with E-state index in [9.17, 15) is 4.79 Å². The molecule has 1 amide bonds. The molecule has 1 aromatic heterocycles. The third kappa shape index (κ3) is 4.53. The van der Waals surface area contributed by atoms with Gasteiger partial charge in [0.05, 0.1) is 6.54 Å². The molecule has 1 heterocycles. The zero-order valence-corrected chi connectivity index (χ0v) is 13.2. The maximum absolute atomic E-state index is 11.9. The van der Waals surface area contributed by atoms with Gasteiger partial charge in [-0.1, -0.05) is 18.7 Å². The lowest BCUT2D eigenvalue weighted by Gasteiger charge is -2.24. The van der Waals surface area contributed by atoms with E-state index in [1.807, 2.05) is 11.2 Å². The van der Waals surface area contributed by atoms with Crippen molar-refractivity contribution in [1.29, 1.82) is 0 Å². The third-order valence-electron chi connectivity index (χ3n) is 2.67. The molecule has 20 heavy (non-hydrogen) atoms. The Kier molecular flexibility index (Phi) is 6.53. The summed E-state index contributed by atoms with van der Waals surface area (Å²) in [5, 5.41) is 0.619. The second kappa shape index (κ2) is 7.91. The molecule has 1 rings (SSSR count). The summed E-state index contributed by atoms with van der Waals surface area (Å²) in [6.45, 7) is 3.09. The average Bonchev–Trinajstić information content (AvgIpc) is 2.45.